The maximum atomic E-state index is 11.5. The molecule has 2 saturated carbocycles. The number of likely N-dealkylation sites (N-methyl/N-ethyl adjacent to an activating group) is 1. The monoisotopic (exact) mass is 223 g/mol. The minimum absolute atomic E-state index is 0.0653. The van der Waals surface area contributed by atoms with E-state index < -0.39 is 5.97 Å². The van der Waals surface area contributed by atoms with Gasteiger partial charge in [0, 0.05) is 13.1 Å². The number of fused-ring (bicyclic) bond motifs is 2. The Morgan fingerprint density at radius 1 is 1.31 bits per heavy atom. The van der Waals surface area contributed by atoms with Gasteiger partial charge >= 0.3 is 5.97 Å². The summed E-state index contributed by atoms with van der Waals surface area (Å²) in [6.07, 6.45) is 3.83. The third-order valence-corrected chi connectivity index (χ3v) is 4.16. The summed E-state index contributed by atoms with van der Waals surface area (Å²) in [4.78, 5) is 24.2. The van der Waals surface area contributed by atoms with E-state index in [2.05, 4.69) is 6.58 Å². The third kappa shape index (κ3) is 1.62. The number of amides is 1. The summed E-state index contributed by atoms with van der Waals surface area (Å²) in [5, 5.41) is 9.02. The van der Waals surface area contributed by atoms with E-state index in [4.69, 9.17) is 5.11 Å². The van der Waals surface area contributed by atoms with E-state index in [9.17, 15) is 9.59 Å². The molecule has 2 aliphatic carbocycles. The minimum atomic E-state index is -0.677. The van der Waals surface area contributed by atoms with Crippen molar-refractivity contribution in [3.05, 3.63) is 12.7 Å². The van der Waals surface area contributed by atoms with Crippen LogP contribution >= 0.6 is 0 Å². The molecule has 4 heteroatoms. The molecule has 1 N–H and O–H groups in total. The van der Waals surface area contributed by atoms with Crippen LogP contribution in [-0.4, -0.2) is 35.0 Å². The van der Waals surface area contributed by atoms with Crippen molar-refractivity contribution in [2.45, 2.75) is 25.3 Å². The van der Waals surface area contributed by atoms with E-state index in [1.165, 1.54) is 6.08 Å². The molecule has 4 nitrogen and oxygen atoms in total. The fourth-order valence-electron chi connectivity index (χ4n) is 3.33. The lowest BCUT2D eigenvalue weighted by atomic mass is 9.85. The Morgan fingerprint density at radius 2 is 2.00 bits per heavy atom. The van der Waals surface area contributed by atoms with E-state index in [1.54, 1.807) is 11.9 Å². The van der Waals surface area contributed by atoms with Crippen molar-refractivity contribution in [1.29, 1.82) is 0 Å². The molecule has 0 heterocycles. The fraction of sp³-hybridized carbons (Fsp3) is 0.667. The lowest BCUT2D eigenvalue weighted by molar-refractivity contribution is -0.143. The van der Waals surface area contributed by atoms with Crippen LogP contribution in [0.3, 0.4) is 0 Å². The largest absolute Gasteiger partial charge is 0.481 e. The number of carbonyl (C=O) groups is 2. The summed E-state index contributed by atoms with van der Waals surface area (Å²) in [5.74, 6) is -0.311. The summed E-state index contributed by atoms with van der Waals surface area (Å²) >= 11 is 0. The van der Waals surface area contributed by atoms with Crippen molar-refractivity contribution in [3.8, 4) is 0 Å². The summed E-state index contributed by atoms with van der Waals surface area (Å²) < 4.78 is 0. The van der Waals surface area contributed by atoms with Gasteiger partial charge in [-0.15, -0.1) is 0 Å². The van der Waals surface area contributed by atoms with Crippen molar-refractivity contribution >= 4 is 11.9 Å². The van der Waals surface area contributed by atoms with E-state index in [0.717, 1.165) is 19.3 Å². The van der Waals surface area contributed by atoms with Crippen LogP contribution in [0.1, 0.15) is 19.3 Å². The van der Waals surface area contributed by atoms with Gasteiger partial charge < -0.3 is 10.0 Å². The maximum Gasteiger partial charge on any atom is 0.306 e. The van der Waals surface area contributed by atoms with E-state index in [1.807, 2.05) is 0 Å². The van der Waals surface area contributed by atoms with Gasteiger partial charge in [-0.2, -0.15) is 0 Å². The van der Waals surface area contributed by atoms with Gasteiger partial charge in [-0.05, 0) is 37.2 Å². The van der Waals surface area contributed by atoms with Crippen molar-refractivity contribution in [3.63, 3.8) is 0 Å². The summed E-state index contributed by atoms with van der Waals surface area (Å²) in [7, 11) is 1.78. The Hall–Kier alpha value is -1.32. The van der Waals surface area contributed by atoms with Gasteiger partial charge in [0.05, 0.1) is 5.92 Å². The molecule has 0 aromatic heterocycles. The maximum absolute atomic E-state index is 11.5. The predicted octanol–water partition coefficient (Wildman–Crippen LogP) is 1.13. The van der Waals surface area contributed by atoms with Gasteiger partial charge in [-0.25, -0.2) is 0 Å². The van der Waals surface area contributed by atoms with Crippen molar-refractivity contribution in [2.24, 2.45) is 17.8 Å². The number of rotatable bonds is 3. The fourth-order valence-corrected chi connectivity index (χ4v) is 3.33. The van der Waals surface area contributed by atoms with E-state index >= 15 is 0 Å². The number of carboxylic acids is 1. The van der Waals surface area contributed by atoms with Crippen LogP contribution in [-0.2, 0) is 9.59 Å². The molecular weight excluding hydrogens is 206 g/mol. The number of aliphatic carboxylic acids is 1. The SMILES string of the molecule is C=CC(=O)N(C)C1CC2CC1CC2C(=O)O. The van der Waals surface area contributed by atoms with Crippen molar-refractivity contribution in [2.75, 3.05) is 7.05 Å². The predicted molar refractivity (Wildman–Crippen MR) is 58.7 cm³/mol. The van der Waals surface area contributed by atoms with Gasteiger partial charge in [0.15, 0.2) is 0 Å². The van der Waals surface area contributed by atoms with Crippen LogP contribution in [0.15, 0.2) is 12.7 Å². The standard InChI is InChI=1S/C12H17NO3/c1-3-11(14)13(2)10-6-7-4-8(10)5-9(7)12(15)16/h3,7-10H,1,4-6H2,2H3,(H,15,16). The van der Waals surface area contributed by atoms with Crippen molar-refractivity contribution in [1.82, 2.24) is 4.90 Å². The highest BCUT2D eigenvalue weighted by Crippen LogP contribution is 2.50. The second kappa shape index (κ2) is 3.92. The van der Waals surface area contributed by atoms with Crippen LogP contribution in [0.5, 0.6) is 0 Å². The van der Waals surface area contributed by atoms with Crippen LogP contribution in [0.4, 0.5) is 0 Å². The molecule has 4 unspecified atom stereocenters. The second-order valence-electron chi connectivity index (χ2n) is 4.89. The molecule has 2 fully saturated rings. The molecule has 2 rings (SSSR count). The highest BCUT2D eigenvalue weighted by atomic mass is 16.4. The molecule has 2 bridgehead atoms. The molecule has 16 heavy (non-hydrogen) atoms. The van der Waals surface area contributed by atoms with Crippen molar-refractivity contribution < 1.29 is 14.7 Å². The molecule has 4 atom stereocenters. The first-order valence-electron chi connectivity index (χ1n) is 5.66. The number of carboxylic acid groups (broad SMARTS) is 1. The highest BCUT2D eigenvalue weighted by Gasteiger charge is 2.50. The second-order valence-corrected chi connectivity index (χ2v) is 4.89. The van der Waals surface area contributed by atoms with Crippen LogP contribution < -0.4 is 0 Å². The van der Waals surface area contributed by atoms with Crippen LogP contribution in [0.25, 0.3) is 0 Å². The zero-order valence-corrected chi connectivity index (χ0v) is 9.43. The Bertz CT molecular complexity index is 339. The zero-order valence-electron chi connectivity index (χ0n) is 9.43. The first-order valence-corrected chi connectivity index (χ1v) is 5.66. The number of carbonyl (C=O) groups excluding carboxylic acids is 1. The average Bonchev–Trinajstić information content (AvgIpc) is 2.85. The van der Waals surface area contributed by atoms with Gasteiger partial charge in [-0.3, -0.25) is 9.59 Å². The topological polar surface area (TPSA) is 57.6 Å². The molecule has 0 radical (unpaired) electrons. The molecule has 0 aromatic carbocycles. The Kier molecular flexibility index (Phi) is 2.74. The molecule has 0 aromatic rings. The third-order valence-electron chi connectivity index (χ3n) is 4.16. The first kappa shape index (κ1) is 11.2. The molecular formula is C12H17NO3. The normalized spacial score (nSPS) is 36.1. The Balaban J connectivity index is 2.03. The lowest BCUT2D eigenvalue weighted by Crippen LogP contribution is -2.41. The smallest absolute Gasteiger partial charge is 0.306 e. The van der Waals surface area contributed by atoms with Crippen LogP contribution in [0, 0.1) is 17.8 Å². The van der Waals surface area contributed by atoms with Gasteiger partial charge in [-0.1, -0.05) is 6.58 Å². The number of nitrogens with zero attached hydrogens (tertiary/aromatic N) is 1. The number of hydrogen-bond acceptors (Lipinski definition) is 2. The summed E-state index contributed by atoms with van der Waals surface area (Å²) in [5.41, 5.74) is 0. The Labute approximate surface area is 94.9 Å². The lowest BCUT2D eigenvalue weighted by Gasteiger charge is -2.32. The molecule has 2 aliphatic rings. The van der Waals surface area contributed by atoms with E-state index in [-0.39, 0.29) is 23.8 Å². The Morgan fingerprint density at radius 3 is 2.44 bits per heavy atom. The molecule has 1 amide bonds. The molecule has 88 valence electrons. The first-order chi connectivity index (χ1) is 7.54. The van der Waals surface area contributed by atoms with E-state index in [0.29, 0.717) is 5.92 Å². The van der Waals surface area contributed by atoms with Gasteiger partial charge in [0.2, 0.25) is 5.91 Å². The summed E-state index contributed by atoms with van der Waals surface area (Å²) in [6.45, 7) is 3.47. The average molecular weight is 223 g/mol. The highest BCUT2D eigenvalue weighted by molar-refractivity contribution is 5.87. The molecule has 0 aliphatic heterocycles. The number of hydrogen-bond donors (Lipinski definition) is 1. The minimum Gasteiger partial charge on any atom is -0.481 e. The molecule has 0 saturated heterocycles. The van der Waals surface area contributed by atoms with Crippen LogP contribution in [0.2, 0.25) is 0 Å². The van der Waals surface area contributed by atoms with Gasteiger partial charge in [0.1, 0.15) is 0 Å². The van der Waals surface area contributed by atoms with Gasteiger partial charge in [0.25, 0.3) is 0 Å². The zero-order chi connectivity index (χ0) is 11.9. The summed E-state index contributed by atoms with van der Waals surface area (Å²) in [6, 6.07) is 0.214. The quantitative estimate of drug-likeness (QED) is 0.730. The molecule has 0 spiro atoms.